The Balaban J connectivity index is 1.71. The van der Waals surface area contributed by atoms with Crippen molar-refractivity contribution in [3.8, 4) is 5.75 Å². The average Bonchev–Trinajstić information content (AvgIpc) is 2.88. The maximum absolute atomic E-state index is 12.8. The molecule has 1 atom stereocenters. The molecular weight excluding hydrogens is 325 g/mol. The van der Waals surface area contributed by atoms with Crippen LogP contribution >= 0.6 is 0 Å². The highest BCUT2D eigenvalue weighted by Crippen LogP contribution is 2.32. The van der Waals surface area contributed by atoms with E-state index in [0.717, 1.165) is 18.0 Å². The van der Waals surface area contributed by atoms with Gasteiger partial charge in [0.15, 0.2) is 0 Å². The summed E-state index contributed by atoms with van der Waals surface area (Å²) in [6, 6.07) is 2.17. The number of carbonyl (C=O) groups excluding carboxylic acids is 1. The van der Waals surface area contributed by atoms with Gasteiger partial charge in [0.05, 0.1) is 5.56 Å². The van der Waals surface area contributed by atoms with Gasteiger partial charge in [-0.2, -0.15) is 13.2 Å². The normalized spacial score (nSPS) is 17.9. The summed E-state index contributed by atoms with van der Waals surface area (Å²) in [5.41, 5.74) is -1.27. The first kappa shape index (κ1) is 16.3. The second-order valence-electron chi connectivity index (χ2n) is 5.70. The van der Waals surface area contributed by atoms with E-state index in [9.17, 15) is 23.1 Å². The summed E-state index contributed by atoms with van der Waals surface area (Å²) in [5.74, 6) is -0.412. The quantitative estimate of drug-likeness (QED) is 0.878. The lowest BCUT2D eigenvalue weighted by Crippen LogP contribution is -2.35. The summed E-state index contributed by atoms with van der Waals surface area (Å²) in [5, 5.41) is 20.0. The van der Waals surface area contributed by atoms with Crippen LogP contribution in [0.25, 0.3) is 0 Å². The number of benzene rings is 1. The number of phenolic OH excluding ortho intramolecular Hbond substituents is 1. The number of halogens is 3. The number of phenols is 1. The van der Waals surface area contributed by atoms with Crippen LogP contribution in [0, 0.1) is 0 Å². The van der Waals surface area contributed by atoms with E-state index in [1.54, 1.807) is 6.33 Å². The molecule has 1 aliphatic heterocycles. The molecule has 1 aromatic heterocycles. The average molecular weight is 340 g/mol. The molecule has 1 aromatic carbocycles. The van der Waals surface area contributed by atoms with E-state index in [0.29, 0.717) is 31.9 Å². The van der Waals surface area contributed by atoms with E-state index < -0.39 is 23.4 Å². The van der Waals surface area contributed by atoms with Gasteiger partial charge in [-0.1, -0.05) is 0 Å². The van der Waals surface area contributed by atoms with Gasteiger partial charge < -0.3 is 15.0 Å². The van der Waals surface area contributed by atoms with E-state index in [2.05, 4.69) is 15.5 Å². The minimum Gasteiger partial charge on any atom is -0.508 e. The zero-order valence-electron chi connectivity index (χ0n) is 12.5. The van der Waals surface area contributed by atoms with Gasteiger partial charge in [0.25, 0.3) is 5.91 Å². The summed E-state index contributed by atoms with van der Waals surface area (Å²) in [6.45, 7) is 0.626. The number of fused-ring (bicyclic) bond motifs is 1. The standard InChI is InChI=1S/C15H15F3N4O2/c16-15(17,18)10-5-9(6-12(23)7-10)14(24)20-11-1-2-13-21-19-8-22(13)4-3-11/h5-8,11,23H,1-4H2,(H,20,24). The molecule has 0 fully saturated rings. The topological polar surface area (TPSA) is 80.0 Å². The number of amides is 1. The van der Waals surface area contributed by atoms with Gasteiger partial charge in [0, 0.05) is 24.6 Å². The van der Waals surface area contributed by atoms with Crippen molar-refractivity contribution in [2.45, 2.75) is 38.0 Å². The molecule has 1 amide bonds. The summed E-state index contributed by atoms with van der Waals surface area (Å²) < 4.78 is 40.2. The fourth-order valence-electron chi connectivity index (χ4n) is 2.72. The van der Waals surface area contributed by atoms with Crippen LogP contribution < -0.4 is 5.32 Å². The van der Waals surface area contributed by atoms with Crippen molar-refractivity contribution in [2.75, 3.05) is 0 Å². The Bertz CT molecular complexity index is 735. The third-order valence-electron chi connectivity index (χ3n) is 3.97. The third-order valence-corrected chi connectivity index (χ3v) is 3.97. The third kappa shape index (κ3) is 3.50. The van der Waals surface area contributed by atoms with Crippen molar-refractivity contribution >= 4 is 5.91 Å². The van der Waals surface area contributed by atoms with Gasteiger partial charge in [-0.05, 0) is 31.0 Å². The first-order chi connectivity index (χ1) is 11.3. The zero-order valence-corrected chi connectivity index (χ0v) is 12.5. The molecule has 0 bridgehead atoms. The molecule has 2 heterocycles. The lowest BCUT2D eigenvalue weighted by atomic mass is 10.1. The number of aromatic nitrogens is 3. The van der Waals surface area contributed by atoms with Crippen molar-refractivity contribution in [3.63, 3.8) is 0 Å². The summed E-state index contributed by atoms with van der Waals surface area (Å²) in [7, 11) is 0. The molecule has 3 rings (SSSR count). The predicted octanol–water partition coefficient (Wildman–Crippen LogP) is 2.14. The number of hydrogen-bond acceptors (Lipinski definition) is 4. The van der Waals surface area contributed by atoms with Crippen LogP contribution in [0.5, 0.6) is 5.75 Å². The number of hydrogen-bond donors (Lipinski definition) is 2. The monoisotopic (exact) mass is 340 g/mol. The van der Waals surface area contributed by atoms with Gasteiger partial charge in [-0.3, -0.25) is 4.79 Å². The van der Waals surface area contributed by atoms with E-state index in [1.165, 1.54) is 0 Å². The number of aromatic hydroxyl groups is 1. The van der Waals surface area contributed by atoms with Crippen LogP contribution in [0.2, 0.25) is 0 Å². The Morgan fingerprint density at radius 2 is 2.08 bits per heavy atom. The Kier molecular flexibility index (Phi) is 4.16. The highest BCUT2D eigenvalue weighted by atomic mass is 19.4. The molecule has 0 aliphatic carbocycles. The maximum Gasteiger partial charge on any atom is 0.416 e. The molecule has 0 saturated heterocycles. The Hall–Kier alpha value is -2.58. The lowest BCUT2D eigenvalue weighted by Gasteiger charge is -2.17. The molecule has 6 nitrogen and oxygen atoms in total. The Labute approximate surface area is 135 Å². The Morgan fingerprint density at radius 1 is 1.29 bits per heavy atom. The van der Waals surface area contributed by atoms with Crippen molar-refractivity contribution in [1.82, 2.24) is 20.1 Å². The number of carbonyl (C=O) groups is 1. The van der Waals surface area contributed by atoms with E-state index >= 15 is 0 Å². The van der Waals surface area contributed by atoms with Crippen molar-refractivity contribution in [1.29, 1.82) is 0 Å². The molecule has 1 aliphatic rings. The molecule has 24 heavy (non-hydrogen) atoms. The van der Waals surface area contributed by atoms with Crippen LogP contribution in [0.3, 0.4) is 0 Å². The van der Waals surface area contributed by atoms with Gasteiger partial charge in [0.2, 0.25) is 0 Å². The summed E-state index contributed by atoms with van der Waals surface area (Å²) in [6.07, 6.45) is -1.14. The van der Waals surface area contributed by atoms with Crippen molar-refractivity contribution in [2.24, 2.45) is 0 Å². The second-order valence-corrected chi connectivity index (χ2v) is 5.70. The highest BCUT2D eigenvalue weighted by molar-refractivity contribution is 5.95. The van der Waals surface area contributed by atoms with Crippen LogP contribution in [-0.2, 0) is 19.1 Å². The second kappa shape index (κ2) is 6.14. The number of nitrogens with zero attached hydrogens (tertiary/aromatic N) is 3. The predicted molar refractivity (Wildman–Crippen MR) is 77.3 cm³/mol. The van der Waals surface area contributed by atoms with Crippen molar-refractivity contribution < 1.29 is 23.1 Å². The van der Waals surface area contributed by atoms with Crippen LogP contribution in [-0.4, -0.2) is 31.8 Å². The minimum atomic E-state index is -4.63. The molecule has 1 unspecified atom stereocenters. The number of rotatable bonds is 2. The smallest absolute Gasteiger partial charge is 0.416 e. The van der Waals surface area contributed by atoms with Gasteiger partial charge in [-0.15, -0.1) is 10.2 Å². The fourth-order valence-corrected chi connectivity index (χ4v) is 2.72. The number of nitrogens with one attached hydrogen (secondary N) is 1. The van der Waals surface area contributed by atoms with Crippen LogP contribution in [0.15, 0.2) is 24.5 Å². The van der Waals surface area contributed by atoms with Crippen LogP contribution in [0.1, 0.15) is 34.6 Å². The number of alkyl halides is 3. The maximum atomic E-state index is 12.8. The molecule has 9 heteroatoms. The van der Waals surface area contributed by atoms with E-state index in [4.69, 9.17) is 0 Å². The van der Waals surface area contributed by atoms with Gasteiger partial charge in [-0.25, -0.2) is 0 Å². The lowest BCUT2D eigenvalue weighted by molar-refractivity contribution is -0.137. The number of aryl methyl sites for hydroxylation is 2. The van der Waals surface area contributed by atoms with E-state index in [-0.39, 0.29) is 11.6 Å². The van der Waals surface area contributed by atoms with Crippen LogP contribution in [0.4, 0.5) is 13.2 Å². The largest absolute Gasteiger partial charge is 0.508 e. The molecule has 2 aromatic rings. The molecule has 128 valence electrons. The molecule has 0 radical (unpaired) electrons. The Morgan fingerprint density at radius 3 is 2.83 bits per heavy atom. The van der Waals surface area contributed by atoms with Gasteiger partial charge in [0.1, 0.15) is 17.9 Å². The fraction of sp³-hybridized carbons (Fsp3) is 0.400. The molecule has 2 N–H and O–H groups in total. The summed E-state index contributed by atoms with van der Waals surface area (Å²) in [4.78, 5) is 12.2. The summed E-state index contributed by atoms with van der Waals surface area (Å²) >= 11 is 0. The first-order valence-corrected chi connectivity index (χ1v) is 7.42. The van der Waals surface area contributed by atoms with E-state index in [1.807, 2.05) is 4.57 Å². The molecule has 0 spiro atoms. The first-order valence-electron chi connectivity index (χ1n) is 7.42. The molecular formula is C15H15F3N4O2. The zero-order chi connectivity index (χ0) is 17.3. The van der Waals surface area contributed by atoms with Gasteiger partial charge >= 0.3 is 6.18 Å². The highest BCUT2D eigenvalue weighted by Gasteiger charge is 2.32. The minimum absolute atomic E-state index is 0.184. The van der Waals surface area contributed by atoms with Crippen molar-refractivity contribution in [3.05, 3.63) is 41.5 Å². The SMILES string of the molecule is O=C(NC1CCc2nncn2CC1)c1cc(O)cc(C(F)(F)F)c1. The molecule has 0 saturated carbocycles.